The van der Waals surface area contributed by atoms with E-state index in [-0.39, 0.29) is 210 Å². The molecule has 6 bridgehead atoms. The van der Waals surface area contributed by atoms with Gasteiger partial charge in [-0.2, -0.15) is 0 Å². The minimum Gasteiger partial charge on any atom is -0.465 e. The highest BCUT2D eigenvalue weighted by Gasteiger charge is 2.69. The van der Waals surface area contributed by atoms with Gasteiger partial charge in [0.1, 0.15) is 40.2 Å². The fraction of sp³-hybridized carbons (Fsp3) is 0.937. The Labute approximate surface area is 781 Å². The van der Waals surface area contributed by atoms with Gasteiger partial charge in [-0.25, -0.2) is 0 Å². The van der Waals surface area contributed by atoms with Gasteiger partial charge in [-0.3, -0.25) is 33.6 Å². The van der Waals surface area contributed by atoms with E-state index in [1.165, 1.54) is 173 Å². The number of hydrogen-bond donors (Lipinski definition) is 0. The number of esters is 7. The van der Waals surface area contributed by atoms with Gasteiger partial charge in [0.25, 0.3) is 0 Å². The van der Waals surface area contributed by atoms with Crippen molar-refractivity contribution in [1.82, 2.24) is 0 Å². The summed E-state index contributed by atoms with van der Waals surface area (Å²) in [6, 6.07) is 0. The zero-order valence-electron chi connectivity index (χ0n) is 78.9. The molecule has 0 aromatic rings. The van der Waals surface area contributed by atoms with Crippen LogP contribution < -0.4 is 0 Å². The largest absolute Gasteiger partial charge is 0.465 e. The average molecular weight is 1780 g/mol. The van der Waals surface area contributed by atoms with Gasteiger partial charge in [-0.15, -0.1) is 0 Å². The number of carbonyl (C=O) groups is 7. The molecule has 11 aliphatic carbocycles. The van der Waals surface area contributed by atoms with Crippen LogP contribution >= 0.6 is 0 Å². The van der Waals surface area contributed by atoms with Crippen LogP contribution in [-0.2, 0) is 66.7 Å². The lowest BCUT2D eigenvalue weighted by atomic mass is 9.50. The van der Waals surface area contributed by atoms with Gasteiger partial charge in [0, 0.05) is 5.92 Å². The first-order chi connectivity index (χ1) is 52.0. The van der Waals surface area contributed by atoms with Crippen molar-refractivity contribution in [2.24, 2.45) is 102 Å². The monoisotopic (exact) mass is 1780 g/mol. The predicted molar refractivity (Wildman–Crippen MR) is 540 cm³/mol. The van der Waals surface area contributed by atoms with Crippen molar-refractivity contribution < 1.29 is 66.7 Å². The average Bonchev–Trinajstić information content (AvgIpc) is 1.53. The van der Waals surface area contributed by atoms with Crippen LogP contribution in [0.25, 0.3) is 0 Å². The molecule has 1 spiro atoms. The lowest BCUT2D eigenvalue weighted by molar-refractivity contribution is -0.204. The molecule has 11 saturated carbocycles. The van der Waals surface area contributed by atoms with E-state index in [1.807, 2.05) is 132 Å². The van der Waals surface area contributed by atoms with Crippen molar-refractivity contribution in [3.63, 3.8) is 0 Å². The molecule has 752 valence electrons. The maximum atomic E-state index is 12.8. The summed E-state index contributed by atoms with van der Waals surface area (Å²) in [5.74, 6) is 5.98. The first-order valence-corrected chi connectivity index (χ1v) is 46.6. The molecule has 11 fully saturated rings. The smallest absolute Gasteiger partial charge is 0.312 e. The second-order valence-corrected chi connectivity index (χ2v) is 44.8. The van der Waals surface area contributed by atoms with E-state index in [2.05, 4.69) is 76.2 Å². The number of carbonyl (C=O) groups excluding carboxylic acids is 7. The van der Waals surface area contributed by atoms with Gasteiger partial charge in [0.2, 0.25) is 0 Å². The van der Waals surface area contributed by atoms with E-state index in [4.69, 9.17) is 33.2 Å². The van der Waals surface area contributed by atoms with Crippen LogP contribution in [-0.4, -0.2) is 82.0 Å². The molecule has 0 amide bonds. The third-order valence-electron chi connectivity index (χ3n) is 32.1. The summed E-state index contributed by atoms with van der Waals surface area (Å²) in [5.41, 5.74) is -3.11. The predicted octanol–water partition coefficient (Wildman–Crippen LogP) is 34.0. The van der Waals surface area contributed by atoms with Gasteiger partial charge < -0.3 is 33.2 Å². The Hall–Kier alpha value is -3.71. The number of fused-ring (bicyclic) bond motifs is 1. The van der Waals surface area contributed by atoms with Crippen LogP contribution in [0.2, 0.25) is 0 Å². The van der Waals surface area contributed by atoms with Crippen molar-refractivity contribution in [2.75, 3.05) is 6.61 Å². The van der Waals surface area contributed by atoms with Gasteiger partial charge in [-0.05, 0) is 376 Å². The first-order valence-electron chi connectivity index (χ1n) is 46.6. The molecule has 0 aromatic carbocycles. The second-order valence-electron chi connectivity index (χ2n) is 44.8. The first kappa shape index (κ1) is 137. The Balaban J connectivity index is -0.000000218. The molecule has 11 aliphatic rings. The summed E-state index contributed by atoms with van der Waals surface area (Å²) < 4.78 is 40.6. The van der Waals surface area contributed by atoms with Crippen molar-refractivity contribution in [3.05, 3.63) is 0 Å². The number of rotatable bonds is 23. The van der Waals surface area contributed by atoms with E-state index in [9.17, 15) is 33.6 Å². The van der Waals surface area contributed by atoms with Gasteiger partial charge >= 0.3 is 41.8 Å². The molecule has 0 saturated heterocycles. The van der Waals surface area contributed by atoms with Crippen LogP contribution in [0, 0.1) is 102 Å². The molecule has 125 heavy (non-hydrogen) atoms. The lowest BCUT2D eigenvalue weighted by Gasteiger charge is -2.59. The molecule has 0 heterocycles. The maximum absolute atomic E-state index is 12.8. The normalized spacial score (nSPS) is 25.8. The summed E-state index contributed by atoms with van der Waals surface area (Å²) in [6.07, 6.45) is 42.5. The van der Waals surface area contributed by atoms with Crippen molar-refractivity contribution in [1.29, 1.82) is 0 Å². The number of ether oxygens (including phenoxy) is 7. The number of hydrogen-bond acceptors (Lipinski definition) is 14. The van der Waals surface area contributed by atoms with Crippen LogP contribution in [0.3, 0.4) is 0 Å². The quantitative estimate of drug-likeness (QED) is 0.0695. The summed E-state index contributed by atoms with van der Waals surface area (Å²) in [7, 11) is 0. The zero-order valence-corrected chi connectivity index (χ0v) is 78.9. The Morgan fingerprint density at radius 1 is 0.336 bits per heavy atom. The topological polar surface area (TPSA) is 184 Å². The highest BCUT2D eigenvalue weighted by atomic mass is 16.6. The van der Waals surface area contributed by atoms with Crippen molar-refractivity contribution >= 4 is 41.8 Å². The van der Waals surface area contributed by atoms with Gasteiger partial charge in [0.15, 0.2) is 0 Å². The maximum Gasteiger partial charge on any atom is 0.312 e. The SMILES string of the molecule is C.C.C.C.C.C.C.C.C.C.C.C.CCC(C)(C)C(=O)OC(C)(C)C.CCC(C)(C)C(=O)OC(C)(C)C1CCCCC1.CCC(C)(C)C(=O)OC(C)(C1CCCCC1)C1CCCCC1.CCC(C)(C)C(=O)OC1(C)CCC23CC1C(C)(C)C2CCC3C.CCC(C)(C)C(=O)OC1(C)CCCCC1.CCC(C)(C)C(=O)OCCC(=O)OC1(C)C2CC3CC(C2)CC1C3. The van der Waals surface area contributed by atoms with Crippen molar-refractivity contribution in [2.45, 2.75) is 568 Å². The van der Waals surface area contributed by atoms with Gasteiger partial charge in [0.05, 0.1) is 38.9 Å². The van der Waals surface area contributed by atoms with E-state index in [0.717, 1.165) is 81.5 Å². The molecular formula is C111H224O14. The van der Waals surface area contributed by atoms with Crippen LogP contribution in [0.15, 0.2) is 0 Å². The molecule has 5 atom stereocenters. The van der Waals surface area contributed by atoms with E-state index >= 15 is 0 Å². The molecule has 0 aromatic heterocycles. The second kappa shape index (κ2) is 55.1. The molecule has 11 rings (SSSR count). The third-order valence-corrected chi connectivity index (χ3v) is 32.1. The Bertz CT molecular complexity index is 2990. The Kier molecular flexibility index (Phi) is 60.3. The minimum absolute atomic E-state index is 0. The molecule has 0 N–H and O–H groups in total. The molecule has 14 nitrogen and oxygen atoms in total. The highest BCUT2D eigenvalue weighted by molar-refractivity contribution is 5.79. The van der Waals surface area contributed by atoms with E-state index < -0.39 is 5.41 Å². The lowest BCUT2D eigenvalue weighted by Crippen LogP contribution is -2.58. The molecule has 0 aliphatic heterocycles. The van der Waals surface area contributed by atoms with Crippen LogP contribution in [0.4, 0.5) is 0 Å². The zero-order chi connectivity index (χ0) is 85.6. The molecule has 5 unspecified atom stereocenters. The van der Waals surface area contributed by atoms with E-state index in [0.29, 0.717) is 40.9 Å². The summed E-state index contributed by atoms with van der Waals surface area (Å²) in [4.78, 5) is 85.4. The van der Waals surface area contributed by atoms with Crippen LogP contribution in [0.1, 0.15) is 534 Å². The third kappa shape index (κ3) is 35.6. The van der Waals surface area contributed by atoms with Gasteiger partial charge in [-0.1, -0.05) is 216 Å². The Morgan fingerprint density at radius 3 is 1.05 bits per heavy atom. The summed E-state index contributed by atoms with van der Waals surface area (Å²) >= 11 is 0. The summed E-state index contributed by atoms with van der Waals surface area (Å²) in [6.45, 7) is 61.6. The van der Waals surface area contributed by atoms with Crippen LogP contribution in [0.5, 0.6) is 0 Å². The summed E-state index contributed by atoms with van der Waals surface area (Å²) in [5, 5.41) is 0. The standard InChI is InChI=1S/C21H36O2.C20H32O4.C20H36O2.C15H28O2.C13H24O2.C10H20O2.12CH4/c1-8-18(3,4)17(22)23-20(7)11-12-21-13-16(20)19(5,6)15(21)10-9-14(21)2;1-5-19(2,3)18(22)23-7-6-17(21)24-20(4)15-9-13-8-14(11-15)12-16(20)10-13;1-5-19(2,3)18(21)22-20(4,16-12-8-6-9-13-16)17-14-10-7-11-15-17;1-6-14(2,3)13(16)17-15(4,5)12-10-8-7-9-11-12;1-5-12(2,3)11(14)15-13(4)9-7-6-8-10-13;1-7-10(5,6)8(11)12-9(2,3)4;;;;;;;;;;;;/h14-16H,8-13H2,1-7H3;13-16H,5-12H2,1-4H3;16-17H,5-15H2,1-4H3;12H,6-11H2,1-5H3;5-10H2,1-4H3;7H2,1-6H3;12*1H4. The molecule has 0 radical (unpaired) electrons. The van der Waals surface area contributed by atoms with E-state index in [1.54, 1.807) is 0 Å². The Morgan fingerprint density at radius 2 is 0.672 bits per heavy atom. The van der Waals surface area contributed by atoms with Crippen molar-refractivity contribution in [3.8, 4) is 0 Å². The highest BCUT2D eigenvalue weighted by Crippen LogP contribution is 2.74. The minimum atomic E-state index is -0.489. The fourth-order valence-electron chi connectivity index (χ4n) is 20.8. The molecule has 14 heteroatoms. The fourth-order valence-corrected chi connectivity index (χ4v) is 20.8. The molecular weight excluding hydrogens is 1560 g/mol.